The first-order valence-corrected chi connectivity index (χ1v) is 7.79. The molecule has 0 fully saturated rings. The number of nitrogens with zero attached hydrogens (tertiary/aromatic N) is 2. The molecule has 1 heterocycles. The molecule has 0 radical (unpaired) electrons. The summed E-state index contributed by atoms with van der Waals surface area (Å²) in [5, 5.41) is 1.38. The molecule has 0 aliphatic heterocycles. The number of pyridine rings is 1. The van der Waals surface area contributed by atoms with Crippen molar-refractivity contribution in [1.29, 1.82) is 0 Å². The zero-order valence-corrected chi connectivity index (χ0v) is 12.3. The van der Waals surface area contributed by atoms with Crippen molar-refractivity contribution in [3.63, 3.8) is 0 Å². The minimum absolute atomic E-state index is 0.0714. The molecule has 0 spiro atoms. The SMILES string of the molecule is CC(CNS(=O)(=O)c1cccc2cnccc12)N=C(N)N. The van der Waals surface area contributed by atoms with Crippen LogP contribution in [-0.2, 0) is 10.0 Å². The maximum atomic E-state index is 12.4. The largest absolute Gasteiger partial charge is 0.370 e. The molecule has 0 saturated carbocycles. The van der Waals surface area contributed by atoms with Crippen LogP contribution in [0.25, 0.3) is 10.8 Å². The van der Waals surface area contributed by atoms with Gasteiger partial charge in [-0.25, -0.2) is 18.1 Å². The number of aromatic nitrogens is 1. The first-order chi connectivity index (χ1) is 9.90. The van der Waals surface area contributed by atoms with Crippen molar-refractivity contribution in [3.05, 3.63) is 36.7 Å². The van der Waals surface area contributed by atoms with Gasteiger partial charge in [0.15, 0.2) is 5.96 Å². The molecule has 0 bridgehead atoms. The fourth-order valence-electron chi connectivity index (χ4n) is 1.94. The van der Waals surface area contributed by atoms with E-state index in [1.165, 1.54) is 0 Å². The Hall–Kier alpha value is -2.19. The number of nitrogens with two attached hydrogens (primary N) is 2. The van der Waals surface area contributed by atoms with E-state index in [9.17, 15) is 8.42 Å². The quantitative estimate of drug-likeness (QED) is 0.537. The standard InChI is InChI=1S/C13H17N5O2S/c1-9(18-13(14)15)7-17-21(19,20)12-4-2-3-10-8-16-6-5-11(10)12/h2-6,8-9,17H,7H2,1H3,(H4,14,15,18). The Balaban J connectivity index is 2.28. The fourth-order valence-corrected chi connectivity index (χ4v) is 3.28. The smallest absolute Gasteiger partial charge is 0.241 e. The van der Waals surface area contributed by atoms with E-state index in [-0.39, 0.29) is 23.4 Å². The van der Waals surface area contributed by atoms with Crippen LogP contribution >= 0.6 is 0 Å². The molecule has 0 amide bonds. The number of sulfonamides is 1. The molecule has 2 rings (SSSR count). The number of benzene rings is 1. The Bertz CT molecular complexity index is 764. The summed E-state index contributed by atoms with van der Waals surface area (Å²) in [7, 11) is -3.65. The van der Waals surface area contributed by atoms with Gasteiger partial charge in [0.2, 0.25) is 10.0 Å². The second-order valence-electron chi connectivity index (χ2n) is 4.61. The Labute approximate surface area is 123 Å². The lowest BCUT2D eigenvalue weighted by Crippen LogP contribution is -2.33. The van der Waals surface area contributed by atoms with Crippen molar-refractivity contribution in [3.8, 4) is 0 Å². The van der Waals surface area contributed by atoms with Gasteiger partial charge in [0.1, 0.15) is 0 Å². The van der Waals surface area contributed by atoms with E-state index in [4.69, 9.17) is 11.5 Å². The summed E-state index contributed by atoms with van der Waals surface area (Å²) in [6.45, 7) is 1.83. The molecule has 112 valence electrons. The number of fused-ring (bicyclic) bond motifs is 1. The van der Waals surface area contributed by atoms with Gasteiger partial charge in [0.25, 0.3) is 0 Å². The van der Waals surface area contributed by atoms with Gasteiger partial charge in [-0.1, -0.05) is 12.1 Å². The topological polar surface area (TPSA) is 123 Å². The van der Waals surface area contributed by atoms with E-state index in [1.54, 1.807) is 37.5 Å². The van der Waals surface area contributed by atoms with Gasteiger partial charge in [0, 0.05) is 29.7 Å². The predicted molar refractivity (Wildman–Crippen MR) is 82.2 cm³/mol. The summed E-state index contributed by atoms with van der Waals surface area (Å²) in [5.74, 6) is -0.0714. The molecule has 1 atom stereocenters. The zero-order valence-electron chi connectivity index (χ0n) is 11.5. The zero-order chi connectivity index (χ0) is 15.5. The number of hydrogen-bond donors (Lipinski definition) is 3. The van der Waals surface area contributed by atoms with E-state index >= 15 is 0 Å². The summed E-state index contributed by atoms with van der Waals surface area (Å²) in [5.41, 5.74) is 10.5. The fraction of sp³-hybridized carbons (Fsp3) is 0.231. The van der Waals surface area contributed by atoms with Gasteiger partial charge >= 0.3 is 0 Å². The minimum Gasteiger partial charge on any atom is -0.370 e. The molecular weight excluding hydrogens is 290 g/mol. The molecule has 21 heavy (non-hydrogen) atoms. The van der Waals surface area contributed by atoms with Crippen molar-refractivity contribution in [1.82, 2.24) is 9.71 Å². The molecule has 2 aromatic rings. The average molecular weight is 307 g/mol. The molecule has 5 N–H and O–H groups in total. The molecule has 1 unspecified atom stereocenters. The van der Waals surface area contributed by atoms with Crippen LogP contribution in [0, 0.1) is 0 Å². The third kappa shape index (κ3) is 3.67. The lowest BCUT2D eigenvalue weighted by Gasteiger charge is -2.11. The van der Waals surface area contributed by atoms with Gasteiger partial charge in [-0.2, -0.15) is 0 Å². The highest BCUT2D eigenvalue weighted by atomic mass is 32.2. The second-order valence-corrected chi connectivity index (χ2v) is 6.34. The molecule has 7 nitrogen and oxygen atoms in total. The van der Waals surface area contributed by atoms with E-state index in [0.29, 0.717) is 5.39 Å². The molecule has 0 aliphatic carbocycles. The maximum Gasteiger partial charge on any atom is 0.241 e. The van der Waals surface area contributed by atoms with E-state index in [1.807, 2.05) is 6.07 Å². The summed E-state index contributed by atoms with van der Waals surface area (Å²) < 4.78 is 27.3. The molecule has 0 saturated heterocycles. The summed E-state index contributed by atoms with van der Waals surface area (Å²) in [6.07, 6.45) is 3.18. The van der Waals surface area contributed by atoms with Crippen LogP contribution in [0.3, 0.4) is 0 Å². The number of aliphatic imine (C=N–C) groups is 1. The molecule has 0 aliphatic rings. The van der Waals surface area contributed by atoms with Gasteiger partial charge < -0.3 is 11.5 Å². The monoisotopic (exact) mass is 307 g/mol. The Morgan fingerprint density at radius 2 is 2.14 bits per heavy atom. The first kappa shape index (κ1) is 15.2. The van der Waals surface area contributed by atoms with Crippen LogP contribution in [0.15, 0.2) is 46.5 Å². The second kappa shape index (κ2) is 6.06. The van der Waals surface area contributed by atoms with Crippen molar-refractivity contribution >= 4 is 26.8 Å². The number of guanidine groups is 1. The summed E-state index contributed by atoms with van der Waals surface area (Å²) in [4.78, 5) is 8.06. The molecular formula is C13H17N5O2S. The van der Waals surface area contributed by atoms with Crippen LogP contribution in [0.2, 0.25) is 0 Å². The lowest BCUT2D eigenvalue weighted by atomic mass is 10.2. The number of nitrogens with one attached hydrogen (secondary N) is 1. The summed E-state index contributed by atoms with van der Waals surface area (Å²) >= 11 is 0. The highest BCUT2D eigenvalue weighted by Crippen LogP contribution is 2.21. The van der Waals surface area contributed by atoms with Crippen molar-refractivity contribution in [2.24, 2.45) is 16.5 Å². The van der Waals surface area contributed by atoms with Crippen molar-refractivity contribution in [2.45, 2.75) is 17.9 Å². The van der Waals surface area contributed by atoms with Gasteiger partial charge in [0.05, 0.1) is 10.9 Å². The van der Waals surface area contributed by atoms with Gasteiger partial charge in [-0.05, 0) is 19.1 Å². The van der Waals surface area contributed by atoms with Crippen LogP contribution in [0.5, 0.6) is 0 Å². The van der Waals surface area contributed by atoms with E-state index < -0.39 is 10.0 Å². The maximum absolute atomic E-state index is 12.4. The molecule has 8 heteroatoms. The number of rotatable bonds is 5. The van der Waals surface area contributed by atoms with Crippen LogP contribution in [0.4, 0.5) is 0 Å². The Morgan fingerprint density at radius 1 is 1.38 bits per heavy atom. The van der Waals surface area contributed by atoms with Gasteiger partial charge in [-0.3, -0.25) is 4.98 Å². The van der Waals surface area contributed by atoms with Crippen LogP contribution < -0.4 is 16.2 Å². The van der Waals surface area contributed by atoms with Gasteiger partial charge in [-0.15, -0.1) is 0 Å². The molecule has 1 aromatic heterocycles. The summed E-state index contributed by atoms with van der Waals surface area (Å²) in [6, 6.07) is 6.36. The third-order valence-corrected chi connectivity index (χ3v) is 4.35. The predicted octanol–water partition coefficient (Wildman–Crippen LogP) is 0.175. The number of hydrogen-bond acceptors (Lipinski definition) is 4. The van der Waals surface area contributed by atoms with E-state index in [0.717, 1.165) is 5.39 Å². The lowest BCUT2D eigenvalue weighted by molar-refractivity contribution is 0.575. The third-order valence-electron chi connectivity index (χ3n) is 2.87. The van der Waals surface area contributed by atoms with Crippen molar-refractivity contribution in [2.75, 3.05) is 6.54 Å². The Kier molecular flexibility index (Phi) is 4.39. The highest BCUT2D eigenvalue weighted by molar-refractivity contribution is 7.89. The minimum atomic E-state index is -3.65. The molecule has 1 aromatic carbocycles. The van der Waals surface area contributed by atoms with E-state index in [2.05, 4.69) is 14.7 Å². The van der Waals surface area contributed by atoms with Crippen LogP contribution in [0.1, 0.15) is 6.92 Å². The normalized spacial score (nSPS) is 13.0. The first-order valence-electron chi connectivity index (χ1n) is 6.31. The average Bonchev–Trinajstić information content (AvgIpc) is 2.44. The Morgan fingerprint density at radius 3 is 2.86 bits per heavy atom. The van der Waals surface area contributed by atoms with Crippen molar-refractivity contribution < 1.29 is 8.42 Å². The van der Waals surface area contributed by atoms with Crippen LogP contribution in [-0.4, -0.2) is 31.9 Å². The highest BCUT2D eigenvalue weighted by Gasteiger charge is 2.17.